The Morgan fingerprint density at radius 1 is 1.24 bits per heavy atom. The number of aliphatic hydroxyl groups is 1. The van der Waals surface area contributed by atoms with E-state index >= 15 is 4.39 Å². The van der Waals surface area contributed by atoms with Crippen LogP contribution in [0.3, 0.4) is 0 Å². The number of nitrogens with one attached hydrogen (secondary N) is 1. The summed E-state index contributed by atoms with van der Waals surface area (Å²) in [6.07, 6.45) is 5.31. The Balaban J connectivity index is 1.58. The van der Waals surface area contributed by atoms with Gasteiger partial charge < -0.3 is 14.6 Å². The number of amides is 1. The molecule has 1 aliphatic rings. The van der Waals surface area contributed by atoms with Crippen LogP contribution in [0.15, 0.2) is 18.5 Å². The molecule has 11 heteroatoms. The van der Waals surface area contributed by atoms with Crippen LogP contribution in [0.2, 0.25) is 0 Å². The van der Waals surface area contributed by atoms with E-state index in [4.69, 9.17) is 9.47 Å². The van der Waals surface area contributed by atoms with Gasteiger partial charge in [0.2, 0.25) is 5.13 Å². The summed E-state index contributed by atoms with van der Waals surface area (Å²) in [7, 11) is 1.41. The van der Waals surface area contributed by atoms with Crippen LogP contribution in [0.5, 0.6) is 10.9 Å². The second-order valence-corrected chi connectivity index (χ2v) is 8.80. The van der Waals surface area contributed by atoms with Gasteiger partial charge in [0.1, 0.15) is 11.9 Å². The highest BCUT2D eigenvalue weighted by atomic mass is 32.1. The number of aryl methyl sites for hydroxylation is 2. The minimum atomic E-state index is -0.574. The maximum absolute atomic E-state index is 15.0. The Kier molecular flexibility index (Phi) is 6.80. The fraction of sp³-hybridized carbons (Fsp3) is 0.409. The molecule has 0 saturated heterocycles. The molecule has 1 fully saturated rings. The number of methoxy groups -OCH3 is 1. The lowest BCUT2D eigenvalue weighted by molar-refractivity contribution is 0.0531. The molecule has 33 heavy (non-hydrogen) atoms. The molecule has 0 aliphatic heterocycles. The minimum Gasteiger partial charge on any atom is -0.494 e. The van der Waals surface area contributed by atoms with Gasteiger partial charge in [0.25, 0.3) is 11.1 Å². The lowest BCUT2D eigenvalue weighted by atomic mass is 9.95. The van der Waals surface area contributed by atoms with Gasteiger partial charge in [-0.05, 0) is 50.5 Å². The Bertz CT molecular complexity index is 1170. The first-order valence-electron chi connectivity index (χ1n) is 10.5. The first-order valence-corrected chi connectivity index (χ1v) is 11.3. The predicted molar refractivity (Wildman–Crippen MR) is 120 cm³/mol. The number of carbonyl (C=O) groups excluding carboxylic acids is 1. The second-order valence-electron chi connectivity index (χ2n) is 7.86. The van der Waals surface area contributed by atoms with Crippen LogP contribution >= 0.6 is 11.3 Å². The van der Waals surface area contributed by atoms with Crippen molar-refractivity contribution in [1.29, 1.82) is 0 Å². The fourth-order valence-electron chi connectivity index (χ4n) is 3.76. The molecule has 0 radical (unpaired) electrons. The summed E-state index contributed by atoms with van der Waals surface area (Å²) in [6.45, 7) is 3.29. The summed E-state index contributed by atoms with van der Waals surface area (Å²) in [5.74, 6) is -0.890. The monoisotopic (exact) mass is 473 g/mol. The number of halogens is 1. The van der Waals surface area contributed by atoms with Crippen molar-refractivity contribution in [1.82, 2.24) is 20.2 Å². The highest BCUT2D eigenvalue weighted by Gasteiger charge is 2.25. The highest BCUT2D eigenvalue weighted by molar-refractivity contribution is 7.17. The van der Waals surface area contributed by atoms with E-state index in [2.05, 4.69) is 25.5 Å². The molecule has 3 aromatic rings. The number of aliphatic hydroxyl groups excluding tert-OH is 1. The first-order chi connectivity index (χ1) is 15.9. The third-order valence-electron chi connectivity index (χ3n) is 5.43. The normalized spacial score (nSPS) is 18.1. The number of aromatic nitrogens is 4. The van der Waals surface area contributed by atoms with Crippen molar-refractivity contribution >= 4 is 22.4 Å². The molecule has 1 aliphatic carbocycles. The number of hydrogen-bond donors (Lipinski definition) is 2. The maximum atomic E-state index is 15.0. The van der Waals surface area contributed by atoms with Gasteiger partial charge in [-0.15, -0.1) is 5.10 Å². The molecule has 1 amide bonds. The van der Waals surface area contributed by atoms with Crippen molar-refractivity contribution in [3.05, 3.63) is 41.2 Å². The number of carbonyl (C=O) groups is 1. The molecular formula is C22H24FN5O4S. The van der Waals surface area contributed by atoms with E-state index in [0.29, 0.717) is 22.9 Å². The van der Waals surface area contributed by atoms with Gasteiger partial charge >= 0.3 is 0 Å². The van der Waals surface area contributed by atoms with Gasteiger partial charge in [-0.1, -0.05) is 5.10 Å². The molecule has 3 heterocycles. The van der Waals surface area contributed by atoms with Gasteiger partial charge in [-0.25, -0.2) is 4.39 Å². The molecule has 0 unspecified atom stereocenters. The van der Waals surface area contributed by atoms with Crippen molar-refractivity contribution in [3.63, 3.8) is 0 Å². The van der Waals surface area contributed by atoms with Crippen LogP contribution in [0.25, 0.3) is 11.1 Å². The first kappa shape index (κ1) is 23.0. The third kappa shape index (κ3) is 5.09. The van der Waals surface area contributed by atoms with Crippen LogP contribution in [0, 0.1) is 19.7 Å². The molecule has 3 aromatic heterocycles. The summed E-state index contributed by atoms with van der Waals surface area (Å²) in [4.78, 5) is 21.3. The minimum absolute atomic E-state index is 0.136. The number of rotatable bonds is 6. The van der Waals surface area contributed by atoms with E-state index in [1.165, 1.54) is 19.5 Å². The lowest BCUT2D eigenvalue weighted by Crippen LogP contribution is -2.28. The molecule has 2 atom stereocenters. The Morgan fingerprint density at radius 3 is 2.82 bits per heavy atom. The molecule has 174 valence electrons. The maximum Gasteiger partial charge on any atom is 0.296 e. The summed E-state index contributed by atoms with van der Waals surface area (Å²) in [5, 5.41) is 21.0. The second kappa shape index (κ2) is 9.75. The summed E-state index contributed by atoms with van der Waals surface area (Å²) in [5.41, 5.74) is 1.41. The fourth-order valence-corrected chi connectivity index (χ4v) is 4.42. The summed E-state index contributed by atoms with van der Waals surface area (Å²) in [6, 6.07) is 1.62. The topological polar surface area (TPSA) is 119 Å². The summed E-state index contributed by atoms with van der Waals surface area (Å²) < 4.78 is 26.2. The lowest BCUT2D eigenvalue weighted by Gasteiger charge is -2.25. The van der Waals surface area contributed by atoms with Crippen LogP contribution in [-0.2, 0) is 0 Å². The molecule has 0 bridgehead atoms. The Hall–Kier alpha value is -3.18. The van der Waals surface area contributed by atoms with E-state index in [0.717, 1.165) is 30.6 Å². The molecule has 1 saturated carbocycles. The standard InChI is InChI=1S/C22H24FN5O4S/c1-11-7-15(18-17(31-3)10-25-12(2)19(18)23)16(9-24-11)20(30)26-21-27-28-22(33-21)32-14-6-4-5-13(29)8-14/h7,9-10,13-14,29H,4-6,8H2,1-3H3,(H,26,27,30)/t13-,14-/m1/s1. The average molecular weight is 474 g/mol. The number of ether oxygens (including phenoxy) is 2. The highest BCUT2D eigenvalue weighted by Crippen LogP contribution is 2.36. The van der Waals surface area contributed by atoms with Crippen LogP contribution in [0.1, 0.15) is 47.4 Å². The van der Waals surface area contributed by atoms with Crippen molar-refractivity contribution < 1.29 is 23.8 Å². The average Bonchev–Trinajstić information content (AvgIpc) is 3.21. The van der Waals surface area contributed by atoms with E-state index in [-0.39, 0.29) is 39.9 Å². The molecule has 0 spiro atoms. The van der Waals surface area contributed by atoms with Crippen molar-refractivity contribution in [3.8, 4) is 22.1 Å². The van der Waals surface area contributed by atoms with Gasteiger partial charge in [0.15, 0.2) is 5.82 Å². The van der Waals surface area contributed by atoms with E-state index in [1.807, 2.05) is 0 Å². The predicted octanol–water partition coefficient (Wildman–Crippen LogP) is 3.69. The third-order valence-corrected chi connectivity index (χ3v) is 6.16. The Morgan fingerprint density at radius 2 is 2.06 bits per heavy atom. The molecule has 4 rings (SSSR count). The Labute approximate surface area is 194 Å². The van der Waals surface area contributed by atoms with Crippen LogP contribution in [-0.4, -0.2) is 50.5 Å². The van der Waals surface area contributed by atoms with Gasteiger partial charge in [0, 0.05) is 23.9 Å². The van der Waals surface area contributed by atoms with Crippen molar-refractivity contribution in [2.75, 3.05) is 12.4 Å². The number of pyridine rings is 2. The van der Waals surface area contributed by atoms with E-state index in [1.54, 1.807) is 19.9 Å². The van der Waals surface area contributed by atoms with Crippen LogP contribution < -0.4 is 14.8 Å². The van der Waals surface area contributed by atoms with E-state index in [9.17, 15) is 9.90 Å². The zero-order valence-corrected chi connectivity index (χ0v) is 19.3. The van der Waals surface area contributed by atoms with Gasteiger partial charge in [-0.3, -0.25) is 20.1 Å². The molecular weight excluding hydrogens is 449 g/mol. The number of hydrogen-bond acceptors (Lipinski definition) is 9. The zero-order valence-electron chi connectivity index (χ0n) is 18.5. The molecule has 0 aromatic carbocycles. The molecule has 2 N–H and O–H groups in total. The SMILES string of the molecule is COc1cnc(C)c(F)c1-c1cc(C)ncc1C(=O)Nc1nnc(O[C@@H]2CCC[C@@H](O)C2)s1. The summed E-state index contributed by atoms with van der Waals surface area (Å²) >= 11 is 1.08. The largest absolute Gasteiger partial charge is 0.494 e. The zero-order chi connectivity index (χ0) is 23.5. The van der Waals surface area contributed by atoms with Crippen molar-refractivity contribution in [2.45, 2.75) is 51.7 Å². The smallest absolute Gasteiger partial charge is 0.296 e. The number of anilines is 1. The van der Waals surface area contributed by atoms with E-state index < -0.39 is 11.7 Å². The van der Waals surface area contributed by atoms with Gasteiger partial charge in [0.05, 0.1) is 36.2 Å². The molecule has 9 nitrogen and oxygen atoms in total. The van der Waals surface area contributed by atoms with Gasteiger partial charge in [-0.2, -0.15) is 0 Å². The number of nitrogens with zero attached hydrogens (tertiary/aromatic N) is 4. The quantitative estimate of drug-likeness (QED) is 0.556. The van der Waals surface area contributed by atoms with Crippen molar-refractivity contribution in [2.24, 2.45) is 0 Å². The van der Waals surface area contributed by atoms with Crippen LogP contribution in [0.4, 0.5) is 9.52 Å².